The Balaban J connectivity index is 1.62. The van der Waals surface area contributed by atoms with Crippen LogP contribution in [0.5, 0.6) is 5.75 Å². The number of unbranched alkanes of at least 4 members (excludes halogenated alkanes) is 2. The lowest BCUT2D eigenvalue weighted by molar-refractivity contribution is -0.137. The minimum absolute atomic E-state index is 0.132. The summed E-state index contributed by atoms with van der Waals surface area (Å²) in [5.41, 5.74) is 4.33. The number of aromatic nitrogens is 2. The Kier molecular flexibility index (Phi) is 9.15. The van der Waals surface area contributed by atoms with Crippen LogP contribution in [-0.2, 0) is 9.59 Å². The summed E-state index contributed by atoms with van der Waals surface area (Å²) in [5, 5.41) is 13.7. The van der Waals surface area contributed by atoms with Gasteiger partial charge in [-0.2, -0.15) is 5.10 Å². The molecule has 2 heterocycles. The molecule has 1 aliphatic rings. The van der Waals surface area contributed by atoms with Gasteiger partial charge in [0.05, 0.1) is 10.6 Å². The van der Waals surface area contributed by atoms with Gasteiger partial charge < -0.3 is 9.84 Å². The van der Waals surface area contributed by atoms with E-state index >= 15 is 0 Å². The molecule has 0 radical (unpaired) electrons. The Morgan fingerprint density at radius 1 is 1.18 bits per heavy atom. The lowest BCUT2D eigenvalue weighted by Crippen LogP contribution is -2.29. The van der Waals surface area contributed by atoms with Crippen LogP contribution in [-0.4, -0.2) is 49.1 Å². The van der Waals surface area contributed by atoms with Crippen LogP contribution in [0, 0.1) is 6.92 Å². The van der Waals surface area contributed by atoms with E-state index < -0.39 is 5.97 Å². The lowest BCUT2D eigenvalue weighted by Gasteiger charge is -2.13. The molecular formula is C29H29N3O4S2. The van der Waals surface area contributed by atoms with Crippen LogP contribution in [0.15, 0.2) is 72.3 Å². The summed E-state index contributed by atoms with van der Waals surface area (Å²) in [6.45, 7) is 6.59. The van der Waals surface area contributed by atoms with Crippen molar-refractivity contribution in [3.63, 3.8) is 0 Å². The third-order valence-electron chi connectivity index (χ3n) is 6.00. The summed E-state index contributed by atoms with van der Waals surface area (Å²) < 4.78 is 8.05. The van der Waals surface area contributed by atoms with Gasteiger partial charge in [0, 0.05) is 30.3 Å². The van der Waals surface area contributed by atoms with E-state index in [-0.39, 0.29) is 12.3 Å². The fraction of sp³-hybridized carbons (Fsp3) is 0.241. The normalized spacial score (nSPS) is 14.3. The van der Waals surface area contributed by atoms with E-state index in [1.54, 1.807) is 11.0 Å². The van der Waals surface area contributed by atoms with E-state index in [4.69, 9.17) is 27.2 Å². The van der Waals surface area contributed by atoms with Gasteiger partial charge in [0.1, 0.15) is 22.4 Å². The Bertz CT molecular complexity index is 1380. The molecular weight excluding hydrogens is 518 g/mol. The van der Waals surface area contributed by atoms with E-state index in [1.807, 2.05) is 72.4 Å². The summed E-state index contributed by atoms with van der Waals surface area (Å²) in [5.74, 6) is -0.164. The molecule has 0 unspecified atom stereocenters. The number of carbonyl (C=O) groups is 2. The Hall–Kier alpha value is -3.69. The number of thioether (sulfide) groups is 1. The van der Waals surface area contributed by atoms with Crippen LogP contribution in [0.2, 0.25) is 0 Å². The third kappa shape index (κ3) is 6.59. The van der Waals surface area contributed by atoms with Crippen LogP contribution in [0.3, 0.4) is 0 Å². The van der Waals surface area contributed by atoms with Gasteiger partial charge in [-0.1, -0.05) is 61.3 Å². The number of amides is 1. The van der Waals surface area contributed by atoms with Crippen LogP contribution in [0.25, 0.3) is 23.0 Å². The predicted octanol–water partition coefficient (Wildman–Crippen LogP) is 6.26. The van der Waals surface area contributed by atoms with Crippen LogP contribution >= 0.6 is 24.0 Å². The van der Waals surface area contributed by atoms with Gasteiger partial charge in [-0.05, 0) is 61.7 Å². The van der Waals surface area contributed by atoms with Crippen molar-refractivity contribution in [1.82, 2.24) is 14.7 Å². The first-order chi connectivity index (χ1) is 18.4. The molecule has 2 aromatic carbocycles. The number of hydrogen-bond donors (Lipinski definition) is 1. The topological polar surface area (TPSA) is 84.7 Å². The van der Waals surface area contributed by atoms with Crippen molar-refractivity contribution < 1.29 is 19.4 Å². The molecule has 1 aliphatic heterocycles. The molecule has 196 valence electrons. The average Bonchev–Trinajstić information content (AvgIpc) is 3.44. The monoisotopic (exact) mass is 547 g/mol. The van der Waals surface area contributed by atoms with E-state index in [0.717, 1.165) is 40.2 Å². The molecule has 1 saturated heterocycles. The van der Waals surface area contributed by atoms with Crippen molar-refractivity contribution in [2.45, 2.75) is 32.6 Å². The SMILES string of the molecule is C=CCOc1ccc(-c2nn(-c3ccccc3)cc2/C=C2/SC(=S)N(CCCCCC(=O)O)C2=O)cc1C. The van der Waals surface area contributed by atoms with Crippen molar-refractivity contribution in [1.29, 1.82) is 0 Å². The highest BCUT2D eigenvalue weighted by molar-refractivity contribution is 8.26. The number of rotatable bonds is 12. The van der Waals surface area contributed by atoms with E-state index in [2.05, 4.69) is 6.58 Å². The van der Waals surface area contributed by atoms with Gasteiger partial charge in [-0.15, -0.1) is 0 Å². The van der Waals surface area contributed by atoms with Crippen LogP contribution in [0.1, 0.15) is 36.8 Å². The number of carboxylic acids is 1. The molecule has 0 spiro atoms. The molecule has 3 aromatic rings. The Labute approximate surface area is 231 Å². The van der Waals surface area contributed by atoms with Crippen molar-refractivity contribution in [2.24, 2.45) is 0 Å². The second-order valence-electron chi connectivity index (χ2n) is 8.83. The summed E-state index contributed by atoms with van der Waals surface area (Å²) in [6.07, 6.45) is 7.61. The summed E-state index contributed by atoms with van der Waals surface area (Å²) >= 11 is 6.77. The first-order valence-corrected chi connectivity index (χ1v) is 13.6. The van der Waals surface area contributed by atoms with Crippen molar-refractivity contribution in [3.05, 3.63) is 83.4 Å². The van der Waals surface area contributed by atoms with E-state index in [1.165, 1.54) is 11.8 Å². The maximum atomic E-state index is 13.2. The number of ether oxygens (including phenoxy) is 1. The maximum absolute atomic E-state index is 13.2. The molecule has 0 bridgehead atoms. The maximum Gasteiger partial charge on any atom is 0.303 e. The van der Waals surface area contributed by atoms with Gasteiger partial charge >= 0.3 is 5.97 Å². The molecule has 1 fully saturated rings. The number of carboxylic acid groups (broad SMARTS) is 1. The second-order valence-corrected chi connectivity index (χ2v) is 10.5. The number of aliphatic carboxylic acids is 1. The molecule has 0 aliphatic carbocycles. The summed E-state index contributed by atoms with van der Waals surface area (Å²) in [7, 11) is 0. The molecule has 38 heavy (non-hydrogen) atoms. The first kappa shape index (κ1) is 27.3. The molecule has 0 saturated carbocycles. The van der Waals surface area contributed by atoms with E-state index in [9.17, 15) is 9.59 Å². The van der Waals surface area contributed by atoms with Gasteiger partial charge in [0.25, 0.3) is 5.91 Å². The highest BCUT2D eigenvalue weighted by Crippen LogP contribution is 2.36. The minimum Gasteiger partial charge on any atom is -0.489 e. The number of hydrogen-bond acceptors (Lipinski definition) is 6. The van der Waals surface area contributed by atoms with Gasteiger partial charge in [-0.3, -0.25) is 14.5 Å². The quantitative estimate of drug-likeness (QED) is 0.124. The largest absolute Gasteiger partial charge is 0.489 e. The van der Waals surface area contributed by atoms with Crippen LogP contribution < -0.4 is 4.74 Å². The molecule has 1 N–H and O–H groups in total. The Morgan fingerprint density at radius 3 is 2.68 bits per heavy atom. The number of aryl methyl sites for hydroxylation is 1. The predicted molar refractivity (Wildman–Crippen MR) is 155 cm³/mol. The number of carbonyl (C=O) groups excluding carboxylic acids is 1. The highest BCUT2D eigenvalue weighted by atomic mass is 32.2. The van der Waals surface area contributed by atoms with Crippen LogP contribution in [0.4, 0.5) is 0 Å². The zero-order valence-electron chi connectivity index (χ0n) is 21.1. The molecule has 1 amide bonds. The molecule has 1 aromatic heterocycles. The van der Waals surface area contributed by atoms with Gasteiger partial charge in [-0.25, -0.2) is 4.68 Å². The van der Waals surface area contributed by atoms with E-state index in [0.29, 0.717) is 35.2 Å². The fourth-order valence-electron chi connectivity index (χ4n) is 4.09. The molecule has 0 atom stereocenters. The zero-order valence-corrected chi connectivity index (χ0v) is 22.8. The highest BCUT2D eigenvalue weighted by Gasteiger charge is 2.32. The number of para-hydroxylation sites is 1. The molecule has 9 heteroatoms. The lowest BCUT2D eigenvalue weighted by atomic mass is 10.0. The standard InChI is InChI=1S/C29H29N3O4S2/c1-3-16-36-24-14-13-21(17-20(24)2)27-22(19-32(30-27)23-10-6-4-7-11-23)18-25-28(35)31(29(37)38-25)15-9-5-8-12-26(33)34/h3-4,6-7,10-11,13-14,17-19H,1,5,8-9,12,15-16H2,2H3,(H,33,34)/b25-18+. The summed E-state index contributed by atoms with van der Waals surface area (Å²) in [6, 6.07) is 15.7. The first-order valence-electron chi connectivity index (χ1n) is 12.3. The average molecular weight is 548 g/mol. The van der Waals surface area contributed by atoms with Gasteiger partial charge in [0.15, 0.2) is 0 Å². The smallest absolute Gasteiger partial charge is 0.303 e. The molecule has 4 rings (SSSR count). The number of nitrogens with zero attached hydrogens (tertiary/aromatic N) is 3. The minimum atomic E-state index is -0.806. The van der Waals surface area contributed by atoms with Crippen molar-refractivity contribution in [3.8, 4) is 22.7 Å². The Morgan fingerprint density at radius 2 is 1.97 bits per heavy atom. The zero-order chi connectivity index (χ0) is 27.1. The third-order valence-corrected chi connectivity index (χ3v) is 7.38. The number of benzene rings is 2. The molecule has 7 nitrogen and oxygen atoms in total. The summed E-state index contributed by atoms with van der Waals surface area (Å²) in [4.78, 5) is 26.1. The van der Waals surface area contributed by atoms with Crippen molar-refractivity contribution >= 4 is 46.3 Å². The number of thiocarbonyl (C=S) groups is 1. The second kappa shape index (κ2) is 12.7. The van der Waals surface area contributed by atoms with Crippen molar-refractivity contribution in [2.75, 3.05) is 13.2 Å². The fourth-order valence-corrected chi connectivity index (χ4v) is 5.39. The van der Waals surface area contributed by atoms with Gasteiger partial charge in [0.2, 0.25) is 0 Å².